The van der Waals surface area contributed by atoms with Gasteiger partial charge in [0.1, 0.15) is 5.76 Å². The van der Waals surface area contributed by atoms with Crippen LogP contribution in [-0.4, -0.2) is 0 Å². The topological polar surface area (TPSA) is 36.9 Å². The number of nitrogens with zero attached hydrogens (tertiary/aromatic N) is 1. The van der Waals surface area contributed by atoms with Gasteiger partial charge in [-0.2, -0.15) is 5.26 Å². The molecular formula is C7H5NO. The molecule has 0 fully saturated rings. The molecular weight excluding hydrogens is 114 g/mol. The Morgan fingerprint density at radius 2 is 2.56 bits per heavy atom. The van der Waals surface area contributed by atoms with E-state index < -0.39 is 0 Å². The van der Waals surface area contributed by atoms with Crippen LogP contribution in [0.15, 0.2) is 28.9 Å². The highest BCUT2D eigenvalue weighted by atomic mass is 16.3. The summed E-state index contributed by atoms with van der Waals surface area (Å²) >= 11 is 0. The van der Waals surface area contributed by atoms with Gasteiger partial charge in [0.25, 0.3) is 0 Å². The molecule has 0 saturated heterocycles. The molecule has 0 N–H and O–H groups in total. The van der Waals surface area contributed by atoms with E-state index >= 15 is 0 Å². The predicted molar refractivity (Wildman–Crippen MR) is 33.4 cm³/mol. The van der Waals surface area contributed by atoms with Gasteiger partial charge in [-0.3, -0.25) is 0 Å². The molecule has 2 nitrogen and oxygen atoms in total. The monoisotopic (exact) mass is 119 g/mol. The molecule has 0 aliphatic rings. The SMILES string of the molecule is N#C/C=C/c1ccco1. The van der Waals surface area contributed by atoms with Crippen molar-refractivity contribution in [1.82, 2.24) is 0 Å². The van der Waals surface area contributed by atoms with Crippen LogP contribution in [0.25, 0.3) is 6.08 Å². The Morgan fingerprint density at radius 1 is 1.67 bits per heavy atom. The minimum absolute atomic E-state index is 0.705. The van der Waals surface area contributed by atoms with E-state index in [0.717, 1.165) is 0 Å². The van der Waals surface area contributed by atoms with Crippen LogP contribution in [0.1, 0.15) is 5.76 Å². The first kappa shape index (κ1) is 5.64. The second-order valence-corrected chi connectivity index (χ2v) is 1.48. The maximum atomic E-state index is 8.09. The van der Waals surface area contributed by atoms with Gasteiger partial charge in [0.15, 0.2) is 0 Å². The zero-order valence-electron chi connectivity index (χ0n) is 4.74. The number of furan rings is 1. The highest BCUT2D eigenvalue weighted by Crippen LogP contribution is 2.00. The first-order valence-electron chi connectivity index (χ1n) is 2.53. The van der Waals surface area contributed by atoms with Crippen LogP contribution >= 0.6 is 0 Å². The molecule has 0 amide bonds. The Kier molecular flexibility index (Phi) is 1.71. The summed E-state index contributed by atoms with van der Waals surface area (Å²) in [5, 5.41) is 8.09. The lowest BCUT2D eigenvalue weighted by Crippen LogP contribution is -1.55. The zero-order valence-corrected chi connectivity index (χ0v) is 4.74. The molecule has 0 bridgehead atoms. The van der Waals surface area contributed by atoms with Gasteiger partial charge < -0.3 is 4.42 Å². The molecule has 9 heavy (non-hydrogen) atoms. The molecule has 2 heteroatoms. The molecule has 1 aromatic heterocycles. The Bertz CT molecular complexity index is 228. The van der Waals surface area contributed by atoms with Crippen LogP contribution in [0.3, 0.4) is 0 Å². The van der Waals surface area contributed by atoms with Gasteiger partial charge in [-0.05, 0) is 18.2 Å². The third kappa shape index (κ3) is 1.46. The fourth-order valence-corrected chi connectivity index (χ4v) is 0.505. The molecule has 0 saturated carbocycles. The van der Waals surface area contributed by atoms with Crippen molar-refractivity contribution >= 4 is 6.08 Å². The molecule has 0 spiro atoms. The standard InChI is InChI=1S/C7H5NO/c8-5-1-3-7-4-2-6-9-7/h1-4,6H/b3-1+. The minimum atomic E-state index is 0.705. The lowest BCUT2D eigenvalue weighted by Gasteiger charge is -1.75. The van der Waals surface area contributed by atoms with Gasteiger partial charge in [-0.25, -0.2) is 0 Å². The average molecular weight is 119 g/mol. The molecule has 0 atom stereocenters. The van der Waals surface area contributed by atoms with Gasteiger partial charge in [0, 0.05) is 6.08 Å². The van der Waals surface area contributed by atoms with Gasteiger partial charge in [-0.1, -0.05) is 0 Å². The van der Waals surface area contributed by atoms with E-state index in [9.17, 15) is 0 Å². The highest BCUT2D eigenvalue weighted by Gasteiger charge is 1.83. The summed E-state index contributed by atoms with van der Waals surface area (Å²) in [7, 11) is 0. The largest absolute Gasteiger partial charge is 0.465 e. The third-order valence-electron chi connectivity index (χ3n) is 0.865. The number of nitriles is 1. The van der Waals surface area contributed by atoms with Crippen LogP contribution in [0, 0.1) is 11.3 Å². The average Bonchev–Trinajstić information content (AvgIpc) is 2.34. The molecule has 44 valence electrons. The maximum absolute atomic E-state index is 8.09. The summed E-state index contributed by atoms with van der Waals surface area (Å²) in [6, 6.07) is 5.43. The van der Waals surface area contributed by atoms with Crippen molar-refractivity contribution in [2.24, 2.45) is 0 Å². The van der Waals surface area contributed by atoms with Crippen molar-refractivity contribution in [2.45, 2.75) is 0 Å². The van der Waals surface area contributed by atoms with E-state index in [1.165, 1.54) is 6.08 Å². The Morgan fingerprint density at radius 3 is 3.11 bits per heavy atom. The second-order valence-electron chi connectivity index (χ2n) is 1.48. The quantitative estimate of drug-likeness (QED) is 0.528. The van der Waals surface area contributed by atoms with Crippen LogP contribution in [-0.2, 0) is 0 Å². The summed E-state index contributed by atoms with van der Waals surface area (Å²) in [6.45, 7) is 0. The van der Waals surface area contributed by atoms with Crippen LogP contribution in [0.2, 0.25) is 0 Å². The second kappa shape index (κ2) is 2.73. The Labute approximate surface area is 53.0 Å². The minimum Gasteiger partial charge on any atom is -0.465 e. The zero-order chi connectivity index (χ0) is 6.53. The molecule has 0 radical (unpaired) electrons. The molecule has 1 heterocycles. The van der Waals surface area contributed by atoms with E-state index in [-0.39, 0.29) is 0 Å². The van der Waals surface area contributed by atoms with Crippen LogP contribution in [0.4, 0.5) is 0 Å². The Balaban J connectivity index is 2.71. The fraction of sp³-hybridized carbons (Fsp3) is 0. The van der Waals surface area contributed by atoms with E-state index in [0.29, 0.717) is 5.76 Å². The van der Waals surface area contributed by atoms with Gasteiger partial charge in [0.05, 0.1) is 12.3 Å². The van der Waals surface area contributed by atoms with Crippen molar-refractivity contribution in [3.05, 3.63) is 30.2 Å². The van der Waals surface area contributed by atoms with E-state index in [2.05, 4.69) is 0 Å². The van der Waals surface area contributed by atoms with E-state index in [1.54, 1.807) is 24.5 Å². The molecule has 0 aromatic carbocycles. The molecule has 1 rings (SSSR count). The van der Waals surface area contributed by atoms with Crippen molar-refractivity contribution in [1.29, 1.82) is 5.26 Å². The molecule has 0 unspecified atom stereocenters. The summed E-state index contributed by atoms with van der Waals surface area (Å²) in [5.74, 6) is 0.705. The van der Waals surface area contributed by atoms with Gasteiger partial charge in [-0.15, -0.1) is 0 Å². The van der Waals surface area contributed by atoms with Crippen molar-refractivity contribution in [3.8, 4) is 6.07 Å². The number of hydrogen-bond acceptors (Lipinski definition) is 2. The van der Waals surface area contributed by atoms with Crippen molar-refractivity contribution in [3.63, 3.8) is 0 Å². The Hall–Kier alpha value is -1.49. The molecule has 0 aliphatic heterocycles. The van der Waals surface area contributed by atoms with E-state index in [1.807, 2.05) is 6.07 Å². The van der Waals surface area contributed by atoms with Crippen LogP contribution < -0.4 is 0 Å². The number of hydrogen-bond donors (Lipinski definition) is 0. The lowest BCUT2D eigenvalue weighted by atomic mass is 10.4. The number of rotatable bonds is 1. The third-order valence-corrected chi connectivity index (χ3v) is 0.865. The summed E-state index contributed by atoms with van der Waals surface area (Å²) in [5.41, 5.74) is 0. The van der Waals surface area contributed by atoms with Crippen molar-refractivity contribution < 1.29 is 4.42 Å². The highest BCUT2D eigenvalue weighted by molar-refractivity contribution is 5.45. The summed E-state index contributed by atoms with van der Waals surface area (Å²) < 4.78 is 4.90. The normalized spacial score (nSPS) is 9.67. The van der Waals surface area contributed by atoms with Gasteiger partial charge in [0.2, 0.25) is 0 Å². The first-order valence-corrected chi connectivity index (χ1v) is 2.53. The predicted octanol–water partition coefficient (Wildman–Crippen LogP) is 1.82. The lowest BCUT2D eigenvalue weighted by molar-refractivity contribution is 0.557. The number of allylic oxidation sites excluding steroid dienone is 1. The maximum Gasteiger partial charge on any atom is 0.127 e. The summed E-state index contributed by atoms with van der Waals surface area (Å²) in [4.78, 5) is 0. The van der Waals surface area contributed by atoms with Crippen molar-refractivity contribution in [2.75, 3.05) is 0 Å². The fourth-order valence-electron chi connectivity index (χ4n) is 0.505. The van der Waals surface area contributed by atoms with E-state index in [4.69, 9.17) is 9.68 Å². The van der Waals surface area contributed by atoms with Crippen LogP contribution in [0.5, 0.6) is 0 Å². The molecule has 0 aliphatic carbocycles. The smallest absolute Gasteiger partial charge is 0.127 e. The molecule has 1 aromatic rings. The summed E-state index contributed by atoms with van der Waals surface area (Å²) in [6.07, 6.45) is 4.55. The van der Waals surface area contributed by atoms with Gasteiger partial charge >= 0.3 is 0 Å². The first-order chi connectivity index (χ1) is 4.43.